The summed E-state index contributed by atoms with van der Waals surface area (Å²) >= 11 is 0. The van der Waals surface area contributed by atoms with Crippen LogP contribution in [0.3, 0.4) is 0 Å². The van der Waals surface area contributed by atoms with Crippen molar-refractivity contribution in [3.05, 3.63) is 84.9 Å². The van der Waals surface area contributed by atoms with E-state index in [1.807, 2.05) is 0 Å². The maximum absolute atomic E-state index is 12.3. The lowest BCUT2D eigenvalue weighted by Gasteiger charge is -2.14. The van der Waals surface area contributed by atoms with Gasteiger partial charge in [-0.15, -0.1) is 18.3 Å². The van der Waals surface area contributed by atoms with Crippen molar-refractivity contribution in [2.45, 2.75) is 19.4 Å². The first-order valence-electron chi connectivity index (χ1n) is 10.0. The molecule has 0 spiro atoms. The number of amides is 1. The number of carbonyl (C=O) groups excluding carboxylic acids is 1. The lowest BCUT2D eigenvalue weighted by atomic mass is 10.2. The van der Waals surface area contributed by atoms with Crippen LogP contribution in [0.2, 0.25) is 0 Å². The average molecular weight is 469 g/mol. The van der Waals surface area contributed by atoms with E-state index < -0.39 is 18.6 Å². The summed E-state index contributed by atoms with van der Waals surface area (Å²) in [4.78, 5) is 20.3. The quantitative estimate of drug-likeness (QED) is 0.399. The van der Waals surface area contributed by atoms with Crippen molar-refractivity contribution < 1.29 is 27.4 Å². The Labute approximate surface area is 192 Å². The molecule has 0 radical (unpaired) electrons. The molecule has 1 amide bonds. The van der Waals surface area contributed by atoms with Gasteiger partial charge in [-0.3, -0.25) is 10.3 Å². The molecular formula is C23H18F3N5O3. The Morgan fingerprint density at radius 3 is 2.32 bits per heavy atom. The van der Waals surface area contributed by atoms with E-state index in [9.17, 15) is 18.0 Å². The number of pyridine rings is 1. The molecule has 1 atom stereocenters. The van der Waals surface area contributed by atoms with Crippen LogP contribution in [-0.4, -0.2) is 32.2 Å². The summed E-state index contributed by atoms with van der Waals surface area (Å²) in [6.07, 6.45) is -1.10. The minimum atomic E-state index is -4.75. The lowest BCUT2D eigenvalue weighted by molar-refractivity contribution is -0.274. The monoisotopic (exact) mass is 469 g/mol. The molecule has 0 fully saturated rings. The number of carbonyl (C=O) groups is 1. The molecule has 0 aliphatic heterocycles. The number of nitrogens with one attached hydrogen (secondary N) is 1. The standard InChI is InChI=1S/C23H18F3N5O3/c1-15(16-10-12-27-13-11-16)33-22(32)29-18-4-2-17(3-5-18)21-28-14-31(30-21)19-6-8-20(9-7-19)34-23(24,25)26/h2-15H,1H3,(H,29,32). The molecule has 34 heavy (non-hydrogen) atoms. The zero-order valence-electron chi connectivity index (χ0n) is 17.7. The van der Waals surface area contributed by atoms with E-state index in [4.69, 9.17) is 4.74 Å². The van der Waals surface area contributed by atoms with Crippen molar-refractivity contribution in [3.8, 4) is 22.8 Å². The fraction of sp³-hybridized carbons (Fsp3) is 0.130. The van der Waals surface area contributed by atoms with E-state index in [1.165, 1.54) is 35.3 Å². The predicted octanol–water partition coefficient (Wildman–Crippen LogP) is 5.54. The van der Waals surface area contributed by atoms with E-state index in [0.29, 0.717) is 22.8 Å². The molecule has 0 saturated heterocycles. The normalized spacial score (nSPS) is 12.1. The molecule has 0 aliphatic carbocycles. The molecule has 174 valence electrons. The fourth-order valence-corrected chi connectivity index (χ4v) is 3.03. The lowest BCUT2D eigenvalue weighted by Crippen LogP contribution is -2.17. The first kappa shape index (κ1) is 22.8. The SMILES string of the molecule is CC(OC(=O)Nc1ccc(-c2ncn(-c3ccc(OC(F)(F)F)cc3)n2)cc1)c1ccncc1. The van der Waals surface area contributed by atoms with Gasteiger partial charge in [0.15, 0.2) is 5.82 Å². The Morgan fingerprint density at radius 2 is 1.68 bits per heavy atom. The van der Waals surface area contributed by atoms with Gasteiger partial charge in [0, 0.05) is 23.6 Å². The summed E-state index contributed by atoms with van der Waals surface area (Å²) < 4.78 is 47.6. The van der Waals surface area contributed by atoms with Crippen LogP contribution in [0, 0.1) is 0 Å². The second kappa shape index (κ2) is 9.61. The molecule has 2 heterocycles. The topological polar surface area (TPSA) is 91.2 Å². The molecular weight excluding hydrogens is 451 g/mol. The van der Waals surface area contributed by atoms with Gasteiger partial charge >= 0.3 is 12.5 Å². The van der Waals surface area contributed by atoms with Crippen LogP contribution >= 0.6 is 0 Å². The zero-order valence-corrected chi connectivity index (χ0v) is 17.7. The maximum atomic E-state index is 12.3. The van der Waals surface area contributed by atoms with E-state index in [1.54, 1.807) is 55.7 Å². The van der Waals surface area contributed by atoms with Crippen LogP contribution in [0.25, 0.3) is 17.1 Å². The van der Waals surface area contributed by atoms with Gasteiger partial charge in [-0.25, -0.2) is 14.5 Å². The van der Waals surface area contributed by atoms with E-state index >= 15 is 0 Å². The first-order valence-corrected chi connectivity index (χ1v) is 10.0. The zero-order chi connectivity index (χ0) is 24.1. The number of benzene rings is 2. The smallest absolute Gasteiger partial charge is 0.441 e. The van der Waals surface area contributed by atoms with Gasteiger partial charge < -0.3 is 9.47 Å². The first-order chi connectivity index (χ1) is 16.3. The Kier molecular flexibility index (Phi) is 6.44. The van der Waals surface area contributed by atoms with Gasteiger partial charge in [-0.05, 0) is 73.2 Å². The van der Waals surface area contributed by atoms with Crippen molar-refractivity contribution in [1.82, 2.24) is 19.7 Å². The predicted molar refractivity (Wildman–Crippen MR) is 116 cm³/mol. The fourth-order valence-electron chi connectivity index (χ4n) is 3.03. The number of nitrogens with zero attached hydrogens (tertiary/aromatic N) is 4. The van der Waals surface area contributed by atoms with Crippen LogP contribution in [0.4, 0.5) is 23.7 Å². The van der Waals surface area contributed by atoms with Gasteiger partial charge in [-0.2, -0.15) is 0 Å². The van der Waals surface area contributed by atoms with Crippen molar-refractivity contribution >= 4 is 11.8 Å². The van der Waals surface area contributed by atoms with Crippen LogP contribution in [0.1, 0.15) is 18.6 Å². The highest BCUT2D eigenvalue weighted by atomic mass is 19.4. The van der Waals surface area contributed by atoms with Gasteiger partial charge in [-0.1, -0.05) is 0 Å². The van der Waals surface area contributed by atoms with Gasteiger partial charge in [0.05, 0.1) is 5.69 Å². The highest BCUT2D eigenvalue weighted by molar-refractivity contribution is 5.85. The van der Waals surface area contributed by atoms with Gasteiger partial charge in [0.2, 0.25) is 0 Å². The van der Waals surface area contributed by atoms with E-state index in [2.05, 4.69) is 25.1 Å². The molecule has 4 rings (SSSR count). The minimum absolute atomic E-state index is 0.326. The molecule has 8 nitrogen and oxygen atoms in total. The molecule has 0 saturated carbocycles. The number of anilines is 1. The Morgan fingerprint density at radius 1 is 1.00 bits per heavy atom. The summed E-state index contributed by atoms with van der Waals surface area (Å²) in [6.45, 7) is 1.76. The molecule has 0 aliphatic rings. The molecule has 4 aromatic rings. The average Bonchev–Trinajstić information content (AvgIpc) is 3.30. The molecule has 11 heteroatoms. The number of ether oxygens (including phenoxy) is 2. The van der Waals surface area contributed by atoms with Gasteiger partial charge in [0.25, 0.3) is 0 Å². The highest BCUT2D eigenvalue weighted by Gasteiger charge is 2.31. The van der Waals surface area contributed by atoms with Crippen molar-refractivity contribution in [1.29, 1.82) is 0 Å². The van der Waals surface area contributed by atoms with Crippen molar-refractivity contribution in [2.75, 3.05) is 5.32 Å². The summed E-state index contributed by atoms with van der Waals surface area (Å²) in [5, 5.41) is 7.00. The third-order valence-corrected chi connectivity index (χ3v) is 4.68. The van der Waals surface area contributed by atoms with Crippen LogP contribution in [0.15, 0.2) is 79.4 Å². The number of rotatable bonds is 6. The third kappa shape index (κ3) is 5.88. The van der Waals surface area contributed by atoms with Gasteiger partial charge in [0.1, 0.15) is 18.2 Å². The van der Waals surface area contributed by atoms with Crippen LogP contribution < -0.4 is 10.1 Å². The molecule has 1 unspecified atom stereocenters. The number of halogens is 3. The Bertz CT molecular complexity index is 1240. The van der Waals surface area contributed by atoms with Crippen molar-refractivity contribution in [3.63, 3.8) is 0 Å². The number of hydrogen-bond donors (Lipinski definition) is 1. The minimum Gasteiger partial charge on any atom is -0.441 e. The summed E-state index contributed by atoms with van der Waals surface area (Å²) in [5.41, 5.74) is 2.54. The Balaban J connectivity index is 1.37. The molecule has 1 N–H and O–H groups in total. The Hall–Kier alpha value is -4.41. The number of aromatic nitrogens is 4. The number of hydrogen-bond acceptors (Lipinski definition) is 6. The van der Waals surface area contributed by atoms with E-state index in [-0.39, 0.29) is 5.75 Å². The summed E-state index contributed by atoms with van der Waals surface area (Å²) in [6, 6.07) is 15.6. The maximum Gasteiger partial charge on any atom is 0.573 e. The van der Waals surface area contributed by atoms with Crippen LogP contribution in [0.5, 0.6) is 5.75 Å². The third-order valence-electron chi connectivity index (χ3n) is 4.68. The summed E-state index contributed by atoms with van der Waals surface area (Å²) in [7, 11) is 0. The second-order valence-corrected chi connectivity index (χ2v) is 7.08. The van der Waals surface area contributed by atoms with E-state index in [0.717, 1.165) is 5.56 Å². The number of alkyl halides is 3. The molecule has 2 aromatic carbocycles. The van der Waals surface area contributed by atoms with Crippen LogP contribution in [-0.2, 0) is 4.74 Å². The van der Waals surface area contributed by atoms with Crippen molar-refractivity contribution in [2.24, 2.45) is 0 Å². The second-order valence-electron chi connectivity index (χ2n) is 7.08. The molecule has 0 bridgehead atoms. The molecule has 2 aromatic heterocycles. The summed E-state index contributed by atoms with van der Waals surface area (Å²) in [5.74, 6) is 0.0735. The largest absolute Gasteiger partial charge is 0.573 e. The highest BCUT2D eigenvalue weighted by Crippen LogP contribution is 2.24.